The fourth-order valence-corrected chi connectivity index (χ4v) is 5.04. The molecular weight excluding hydrogens is 276 g/mol. The molecule has 1 saturated heterocycles. The van der Waals surface area contributed by atoms with Crippen molar-refractivity contribution in [2.45, 2.75) is 56.0 Å². The van der Waals surface area contributed by atoms with Gasteiger partial charge in [0.25, 0.3) is 0 Å². The fourth-order valence-electron chi connectivity index (χ4n) is 4.03. The lowest BCUT2D eigenvalue weighted by Crippen LogP contribution is -2.56. The highest BCUT2D eigenvalue weighted by molar-refractivity contribution is 7.99. The van der Waals surface area contributed by atoms with E-state index < -0.39 is 0 Å². The largest absolute Gasteiger partial charge is 0.311 e. The van der Waals surface area contributed by atoms with Crippen LogP contribution < -0.4 is 5.32 Å². The molecule has 0 bridgehead atoms. The second kappa shape index (κ2) is 7.17. The van der Waals surface area contributed by atoms with Crippen LogP contribution in [-0.4, -0.2) is 41.6 Å². The molecule has 3 heteroatoms. The van der Waals surface area contributed by atoms with Gasteiger partial charge in [0.05, 0.1) is 0 Å². The van der Waals surface area contributed by atoms with Crippen LogP contribution in [0.5, 0.6) is 0 Å². The molecule has 1 saturated carbocycles. The number of piperazine rings is 1. The van der Waals surface area contributed by atoms with Crippen molar-refractivity contribution in [3.63, 3.8) is 0 Å². The number of benzene rings is 1. The highest BCUT2D eigenvalue weighted by Crippen LogP contribution is 2.37. The highest BCUT2D eigenvalue weighted by atomic mass is 32.2. The van der Waals surface area contributed by atoms with E-state index in [0.717, 1.165) is 17.8 Å². The van der Waals surface area contributed by atoms with E-state index in [1.165, 1.54) is 37.8 Å². The van der Waals surface area contributed by atoms with Gasteiger partial charge in [-0.05, 0) is 31.1 Å². The number of rotatable bonds is 4. The first-order valence-corrected chi connectivity index (χ1v) is 9.69. The Labute approximate surface area is 133 Å². The first-order chi connectivity index (χ1) is 10.3. The van der Waals surface area contributed by atoms with E-state index in [9.17, 15) is 0 Å². The standard InChI is InChI=1S/C18H28N2S/c1-3-15-13-20(16-10-7-11-18(16)21-2)17(12-19-15)14-8-5-4-6-9-14/h4-6,8-9,15-19H,3,7,10-13H2,1-2H3. The maximum atomic E-state index is 3.76. The van der Waals surface area contributed by atoms with Crippen LogP contribution in [0.4, 0.5) is 0 Å². The van der Waals surface area contributed by atoms with E-state index in [0.29, 0.717) is 12.1 Å². The average molecular weight is 305 g/mol. The fraction of sp³-hybridized carbons (Fsp3) is 0.667. The molecule has 1 aromatic carbocycles. The van der Waals surface area contributed by atoms with Crippen LogP contribution in [0.15, 0.2) is 30.3 Å². The van der Waals surface area contributed by atoms with E-state index in [2.05, 4.69) is 65.5 Å². The van der Waals surface area contributed by atoms with Gasteiger partial charge in [-0.15, -0.1) is 0 Å². The molecule has 0 spiro atoms. The summed E-state index contributed by atoms with van der Waals surface area (Å²) < 4.78 is 0. The molecular formula is C18H28N2S. The van der Waals surface area contributed by atoms with Crippen molar-refractivity contribution in [1.82, 2.24) is 10.2 Å². The zero-order chi connectivity index (χ0) is 14.7. The summed E-state index contributed by atoms with van der Waals surface area (Å²) >= 11 is 2.08. The van der Waals surface area contributed by atoms with Gasteiger partial charge < -0.3 is 5.32 Å². The second-order valence-corrected chi connectivity index (χ2v) is 7.49. The van der Waals surface area contributed by atoms with Crippen molar-refractivity contribution in [2.75, 3.05) is 19.3 Å². The minimum atomic E-state index is 0.548. The van der Waals surface area contributed by atoms with Crippen LogP contribution in [0.25, 0.3) is 0 Å². The summed E-state index contributed by atoms with van der Waals surface area (Å²) in [4.78, 5) is 2.83. The van der Waals surface area contributed by atoms with Crippen LogP contribution in [0.2, 0.25) is 0 Å². The molecule has 116 valence electrons. The van der Waals surface area contributed by atoms with Crippen LogP contribution in [0.1, 0.15) is 44.2 Å². The van der Waals surface area contributed by atoms with Gasteiger partial charge in [-0.1, -0.05) is 43.7 Å². The third-order valence-corrected chi connectivity index (χ3v) is 6.41. The van der Waals surface area contributed by atoms with Crippen molar-refractivity contribution in [2.24, 2.45) is 0 Å². The highest BCUT2D eigenvalue weighted by Gasteiger charge is 2.38. The SMILES string of the molecule is CCC1CN(C2CCCC2SC)C(c2ccccc2)CN1. The van der Waals surface area contributed by atoms with E-state index >= 15 is 0 Å². The van der Waals surface area contributed by atoms with Gasteiger partial charge in [0.15, 0.2) is 0 Å². The van der Waals surface area contributed by atoms with Crippen molar-refractivity contribution >= 4 is 11.8 Å². The minimum Gasteiger partial charge on any atom is -0.311 e. The quantitative estimate of drug-likeness (QED) is 0.913. The van der Waals surface area contributed by atoms with Gasteiger partial charge in [0.2, 0.25) is 0 Å². The van der Waals surface area contributed by atoms with Crippen LogP contribution in [0, 0.1) is 0 Å². The predicted molar refractivity (Wildman–Crippen MR) is 92.9 cm³/mol. The second-order valence-electron chi connectivity index (χ2n) is 6.41. The summed E-state index contributed by atoms with van der Waals surface area (Å²) in [5.74, 6) is 0. The molecule has 21 heavy (non-hydrogen) atoms. The first kappa shape index (κ1) is 15.4. The molecule has 1 aromatic rings. The molecule has 4 unspecified atom stereocenters. The number of thioether (sulfide) groups is 1. The molecule has 1 heterocycles. The first-order valence-electron chi connectivity index (χ1n) is 8.40. The number of hydrogen-bond acceptors (Lipinski definition) is 3. The van der Waals surface area contributed by atoms with Gasteiger partial charge in [0, 0.05) is 36.5 Å². The lowest BCUT2D eigenvalue weighted by Gasteiger charge is -2.45. The van der Waals surface area contributed by atoms with Gasteiger partial charge in [0.1, 0.15) is 0 Å². The van der Waals surface area contributed by atoms with E-state index in [1.807, 2.05) is 0 Å². The summed E-state index contributed by atoms with van der Waals surface area (Å²) in [7, 11) is 0. The molecule has 2 aliphatic rings. The molecule has 0 aromatic heterocycles. The van der Waals surface area contributed by atoms with Crippen molar-refractivity contribution in [3.8, 4) is 0 Å². The average Bonchev–Trinajstić information content (AvgIpc) is 3.03. The Bertz CT molecular complexity index is 436. The maximum absolute atomic E-state index is 3.76. The Hall–Kier alpha value is -0.510. The molecule has 1 aliphatic heterocycles. The summed E-state index contributed by atoms with van der Waals surface area (Å²) in [5, 5.41) is 4.58. The third kappa shape index (κ3) is 3.30. The Balaban J connectivity index is 1.83. The Morgan fingerprint density at radius 1 is 1.24 bits per heavy atom. The lowest BCUT2D eigenvalue weighted by molar-refractivity contribution is 0.0843. The normalized spacial score (nSPS) is 34.2. The third-order valence-electron chi connectivity index (χ3n) is 5.25. The summed E-state index contributed by atoms with van der Waals surface area (Å²) in [6, 6.07) is 13.1. The molecule has 3 rings (SSSR count). The lowest BCUT2D eigenvalue weighted by atomic mass is 9.97. The molecule has 2 fully saturated rings. The van der Waals surface area contributed by atoms with Crippen LogP contribution in [0.3, 0.4) is 0 Å². The molecule has 1 aliphatic carbocycles. The molecule has 0 amide bonds. The van der Waals surface area contributed by atoms with Gasteiger partial charge in [-0.25, -0.2) is 0 Å². The van der Waals surface area contributed by atoms with Gasteiger partial charge >= 0.3 is 0 Å². The predicted octanol–water partition coefficient (Wildman–Crippen LogP) is 3.70. The zero-order valence-electron chi connectivity index (χ0n) is 13.3. The molecule has 4 atom stereocenters. The Kier molecular flexibility index (Phi) is 5.25. The molecule has 2 nitrogen and oxygen atoms in total. The number of nitrogens with one attached hydrogen (secondary N) is 1. The number of nitrogens with zero attached hydrogens (tertiary/aromatic N) is 1. The smallest absolute Gasteiger partial charge is 0.0476 e. The minimum absolute atomic E-state index is 0.548. The van der Waals surface area contributed by atoms with Gasteiger partial charge in [-0.3, -0.25) is 4.90 Å². The Morgan fingerprint density at radius 3 is 2.76 bits per heavy atom. The topological polar surface area (TPSA) is 15.3 Å². The molecule has 1 N–H and O–H groups in total. The van der Waals surface area contributed by atoms with Gasteiger partial charge in [-0.2, -0.15) is 11.8 Å². The van der Waals surface area contributed by atoms with Crippen molar-refractivity contribution in [1.29, 1.82) is 0 Å². The zero-order valence-corrected chi connectivity index (χ0v) is 14.1. The maximum Gasteiger partial charge on any atom is 0.0476 e. The molecule has 0 radical (unpaired) electrons. The van der Waals surface area contributed by atoms with E-state index in [1.54, 1.807) is 0 Å². The van der Waals surface area contributed by atoms with Crippen LogP contribution >= 0.6 is 11.8 Å². The van der Waals surface area contributed by atoms with E-state index in [4.69, 9.17) is 0 Å². The van der Waals surface area contributed by atoms with Crippen molar-refractivity contribution in [3.05, 3.63) is 35.9 Å². The number of hydrogen-bond donors (Lipinski definition) is 1. The van der Waals surface area contributed by atoms with Crippen LogP contribution in [-0.2, 0) is 0 Å². The summed E-state index contributed by atoms with van der Waals surface area (Å²) in [6.45, 7) is 4.61. The summed E-state index contributed by atoms with van der Waals surface area (Å²) in [5.41, 5.74) is 1.48. The van der Waals surface area contributed by atoms with Crippen molar-refractivity contribution < 1.29 is 0 Å². The summed E-state index contributed by atoms with van der Waals surface area (Å²) in [6.07, 6.45) is 7.70. The van der Waals surface area contributed by atoms with E-state index in [-0.39, 0.29) is 0 Å². The Morgan fingerprint density at radius 2 is 2.05 bits per heavy atom. The monoisotopic (exact) mass is 304 g/mol.